The van der Waals surface area contributed by atoms with E-state index in [0.29, 0.717) is 38.4 Å². The van der Waals surface area contributed by atoms with Gasteiger partial charge in [-0.15, -0.1) is 0 Å². The van der Waals surface area contributed by atoms with Crippen molar-refractivity contribution in [3.05, 3.63) is 79.5 Å². The Labute approximate surface area is 187 Å². The molecule has 0 saturated carbocycles. The fraction of sp³-hybridized carbons (Fsp3) is 0.143. The molecule has 1 aromatic heterocycles. The molecule has 1 N–H and O–H groups in total. The lowest BCUT2D eigenvalue weighted by molar-refractivity contribution is -0.385. The normalized spacial score (nSPS) is 11.0. The van der Waals surface area contributed by atoms with Crippen LogP contribution in [0.25, 0.3) is 11.3 Å². The first-order valence-corrected chi connectivity index (χ1v) is 9.76. The van der Waals surface area contributed by atoms with Crippen LogP contribution in [-0.2, 0) is 4.79 Å². The van der Waals surface area contributed by atoms with E-state index in [2.05, 4.69) is 10.5 Å². The van der Waals surface area contributed by atoms with Crippen LogP contribution in [0.15, 0.2) is 52.0 Å². The maximum Gasteiger partial charge on any atom is 0.277 e. The highest BCUT2D eigenvalue weighted by molar-refractivity contribution is 6.42. The van der Waals surface area contributed by atoms with Crippen molar-refractivity contribution in [3.63, 3.8) is 0 Å². The van der Waals surface area contributed by atoms with E-state index >= 15 is 0 Å². The first-order chi connectivity index (χ1) is 14.7. The SMILES string of the molecule is Cc1cc([N+](=O)[O-])cc(C)c1OCC(=O)NN=Cc1ccc(-c2ccc(Cl)c(Cl)c2)o1. The second kappa shape index (κ2) is 9.63. The lowest BCUT2D eigenvalue weighted by Crippen LogP contribution is -2.25. The Bertz CT molecular complexity index is 1150. The number of nitro benzene ring substituents is 1. The number of carbonyl (C=O) groups excluding carboxylic acids is 1. The number of non-ortho nitro benzene ring substituents is 1. The topological polar surface area (TPSA) is 107 Å². The predicted molar refractivity (Wildman–Crippen MR) is 118 cm³/mol. The summed E-state index contributed by atoms with van der Waals surface area (Å²) in [6.07, 6.45) is 1.35. The molecule has 0 unspecified atom stereocenters. The van der Waals surface area contributed by atoms with E-state index in [1.807, 2.05) is 0 Å². The summed E-state index contributed by atoms with van der Waals surface area (Å²) in [5.74, 6) is 0.912. The summed E-state index contributed by atoms with van der Waals surface area (Å²) in [6.45, 7) is 3.05. The van der Waals surface area contributed by atoms with Crippen molar-refractivity contribution in [2.24, 2.45) is 5.10 Å². The van der Waals surface area contributed by atoms with Crippen molar-refractivity contribution < 1.29 is 18.9 Å². The van der Waals surface area contributed by atoms with Gasteiger partial charge in [0.1, 0.15) is 17.3 Å². The van der Waals surface area contributed by atoms with Gasteiger partial charge < -0.3 is 9.15 Å². The standard InChI is InChI=1S/C21H17Cl2N3O5/c1-12-7-15(26(28)29)8-13(2)21(12)30-11-20(27)25-24-10-16-4-6-19(31-16)14-3-5-17(22)18(23)9-14/h3-10H,11H2,1-2H3,(H,25,27). The molecule has 0 aliphatic rings. The van der Waals surface area contributed by atoms with E-state index in [0.717, 1.165) is 5.56 Å². The van der Waals surface area contributed by atoms with Gasteiger partial charge in [0.2, 0.25) is 0 Å². The average Bonchev–Trinajstić information content (AvgIpc) is 3.18. The number of ether oxygens (including phenoxy) is 1. The zero-order valence-corrected chi connectivity index (χ0v) is 18.0. The number of nitrogens with zero attached hydrogens (tertiary/aromatic N) is 2. The number of benzene rings is 2. The second-order valence-corrected chi connectivity index (χ2v) is 7.39. The molecule has 0 radical (unpaired) electrons. The maximum absolute atomic E-state index is 12.0. The monoisotopic (exact) mass is 461 g/mol. The summed E-state index contributed by atoms with van der Waals surface area (Å²) in [6, 6.07) is 11.3. The van der Waals surface area contributed by atoms with Crippen LogP contribution in [0.1, 0.15) is 16.9 Å². The van der Waals surface area contributed by atoms with E-state index in [4.69, 9.17) is 32.4 Å². The number of nitro groups is 1. The number of hydrogen-bond acceptors (Lipinski definition) is 6. The maximum atomic E-state index is 12.0. The number of aryl methyl sites for hydroxylation is 2. The molecule has 3 rings (SSSR count). The third-order valence-corrected chi connectivity index (χ3v) is 4.95. The van der Waals surface area contributed by atoms with Gasteiger partial charge in [-0.05, 0) is 55.3 Å². The van der Waals surface area contributed by atoms with Crippen molar-refractivity contribution in [2.75, 3.05) is 6.61 Å². The van der Waals surface area contributed by atoms with Gasteiger partial charge in [-0.2, -0.15) is 5.10 Å². The van der Waals surface area contributed by atoms with Crippen molar-refractivity contribution in [2.45, 2.75) is 13.8 Å². The van der Waals surface area contributed by atoms with Gasteiger partial charge in [0.15, 0.2) is 6.61 Å². The highest BCUT2D eigenvalue weighted by atomic mass is 35.5. The lowest BCUT2D eigenvalue weighted by atomic mass is 10.1. The fourth-order valence-electron chi connectivity index (χ4n) is 2.83. The first kappa shape index (κ1) is 22.3. The van der Waals surface area contributed by atoms with Gasteiger partial charge in [-0.1, -0.05) is 23.2 Å². The molecule has 0 aliphatic heterocycles. The molecule has 160 valence electrons. The van der Waals surface area contributed by atoms with Crippen molar-refractivity contribution in [3.8, 4) is 17.1 Å². The summed E-state index contributed by atoms with van der Waals surface area (Å²) in [5.41, 5.74) is 4.18. The van der Waals surface area contributed by atoms with E-state index in [9.17, 15) is 14.9 Å². The molecule has 3 aromatic rings. The van der Waals surface area contributed by atoms with Gasteiger partial charge in [0.05, 0.1) is 21.2 Å². The van der Waals surface area contributed by atoms with Gasteiger partial charge >= 0.3 is 0 Å². The molecule has 2 aromatic carbocycles. The zero-order valence-electron chi connectivity index (χ0n) is 16.5. The molecule has 1 heterocycles. The number of halogens is 2. The summed E-state index contributed by atoms with van der Waals surface area (Å²) in [4.78, 5) is 22.4. The van der Waals surface area contributed by atoms with Crippen LogP contribution in [-0.4, -0.2) is 23.7 Å². The van der Waals surface area contributed by atoms with E-state index in [1.165, 1.54) is 18.3 Å². The molecule has 0 spiro atoms. The Morgan fingerprint density at radius 1 is 1.16 bits per heavy atom. The fourth-order valence-corrected chi connectivity index (χ4v) is 3.12. The van der Waals surface area contributed by atoms with Crippen molar-refractivity contribution in [1.82, 2.24) is 5.43 Å². The van der Waals surface area contributed by atoms with Crippen LogP contribution in [0.5, 0.6) is 5.75 Å². The number of furan rings is 1. The van der Waals surface area contributed by atoms with Gasteiger partial charge in [0.25, 0.3) is 11.6 Å². The first-order valence-electron chi connectivity index (χ1n) is 9.00. The molecule has 31 heavy (non-hydrogen) atoms. The number of rotatable bonds is 7. The highest BCUT2D eigenvalue weighted by Crippen LogP contribution is 2.30. The number of amides is 1. The number of hydrogen-bond donors (Lipinski definition) is 1. The van der Waals surface area contributed by atoms with E-state index in [1.54, 1.807) is 44.2 Å². The summed E-state index contributed by atoms with van der Waals surface area (Å²) < 4.78 is 11.1. The molecule has 0 saturated heterocycles. The van der Waals surface area contributed by atoms with E-state index in [-0.39, 0.29) is 12.3 Å². The second-order valence-electron chi connectivity index (χ2n) is 6.58. The quantitative estimate of drug-likeness (QED) is 0.291. The minimum atomic E-state index is -0.496. The molecule has 0 bridgehead atoms. The minimum absolute atomic E-state index is 0.0323. The smallest absolute Gasteiger partial charge is 0.277 e. The lowest BCUT2D eigenvalue weighted by Gasteiger charge is -2.11. The van der Waals surface area contributed by atoms with Crippen molar-refractivity contribution in [1.29, 1.82) is 0 Å². The molecule has 8 nitrogen and oxygen atoms in total. The molecule has 10 heteroatoms. The van der Waals surface area contributed by atoms with Crippen LogP contribution >= 0.6 is 23.2 Å². The van der Waals surface area contributed by atoms with Crippen LogP contribution in [0.3, 0.4) is 0 Å². The molecular formula is C21H17Cl2N3O5. The van der Waals surface area contributed by atoms with Crippen LogP contribution in [0, 0.1) is 24.0 Å². The Morgan fingerprint density at radius 3 is 2.52 bits per heavy atom. The summed E-state index contributed by atoms with van der Waals surface area (Å²) in [7, 11) is 0. The van der Waals surface area contributed by atoms with Gasteiger partial charge in [-0.3, -0.25) is 14.9 Å². The third kappa shape index (κ3) is 5.62. The number of hydrazone groups is 1. The molecule has 1 amide bonds. The number of carbonyl (C=O) groups is 1. The average molecular weight is 462 g/mol. The Hall–Kier alpha value is -3.36. The number of nitrogens with one attached hydrogen (secondary N) is 1. The largest absolute Gasteiger partial charge is 0.483 e. The van der Waals surface area contributed by atoms with Crippen LogP contribution in [0.2, 0.25) is 10.0 Å². The highest BCUT2D eigenvalue weighted by Gasteiger charge is 2.14. The van der Waals surface area contributed by atoms with E-state index < -0.39 is 10.8 Å². The molecule has 0 atom stereocenters. The van der Waals surface area contributed by atoms with Gasteiger partial charge in [-0.25, -0.2) is 5.43 Å². The Kier molecular flexibility index (Phi) is 6.94. The zero-order chi connectivity index (χ0) is 22.5. The summed E-state index contributed by atoms with van der Waals surface area (Å²) in [5, 5.41) is 15.6. The van der Waals surface area contributed by atoms with Gasteiger partial charge in [0, 0.05) is 17.7 Å². The van der Waals surface area contributed by atoms with Crippen LogP contribution in [0.4, 0.5) is 5.69 Å². The predicted octanol–water partition coefficient (Wildman–Crippen LogP) is 5.31. The van der Waals surface area contributed by atoms with Crippen LogP contribution < -0.4 is 10.2 Å². The van der Waals surface area contributed by atoms with Crippen molar-refractivity contribution >= 4 is 41.0 Å². The third-order valence-electron chi connectivity index (χ3n) is 4.22. The minimum Gasteiger partial charge on any atom is -0.483 e. The Morgan fingerprint density at radius 2 is 1.87 bits per heavy atom. The summed E-state index contributed by atoms with van der Waals surface area (Å²) >= 11 is 11.9. The molecule has 0 fully saturated rings. The molecule has 0 aliphatic carbocycles. The molecular weight excluding hydrogens is 445 g/mol. The Balaban J connectivity index is 1.56.